The molecule has 188 valence electrons. The summed E-state index contributed by atoms with van der Waals surface area (Å²) in [7, 11) is 0. The second kappa shape index (κ2) is 13.5. The predicted octanol–water partition coefficient (Wildman–Crippen LogP) is 9.82. The number of aryl methyl sites for hydroxylation is 2. The fourth-order valence-corrected chi connectivity index (χ4v) is 5.61. The molecule has 1 aliphatic rings. The monoisotopic (exact) mass is 480 g/mol. The van der Waals surface area contributed by atoms with Crippen molar-refractivity contribution in [3.05, 3.63) is 95.3 Å². The molecule has 0 radical (unpaired) electrons. The van der Waals surface area contributed by atoms with E-state index in [0.717, 1.165) is 35.6 Å². The second-order valence-electron chi connectivity index (χ2n) is 10.7. The summed E-state index contributed by atoms with van der Waals surface area (Å²) in [6.45, 7) is 6.13. The topological polar surface area (TPSA) is 0 Å². The van der Waals surface area contributed by atoms with E-state index in [1.807, 2.05) is 18.2 Å². The Hall–Kier alpha value is -2.85. The van der Waals surface area contributed by atoms with E-state index in [-0.39, 0.29) is 5.82 Å². The van der Waals surface area contributed by atoms with Crippen LogP contribution in [-0.2, 0) is 12.8 Å². The van der Waals surface area contributed by atoms with Gasteiger partial charge in [-0.2, -0.15) is 0 Å². The Labute approximate surface area is 218 Å². The van der Waals surface area contributed by atoms with Gasteiger partial charge >= 0.3 is 0 Å². The lowest BCUT2D eigenvalue weighted by atomic mass is 9.78. The van der Waals surface area contributed by atoms with Gasteiger partial charge in [0.1, 0.15) is 5.82 Å². The lowest BCUT2D eigenvalue weighted by molar-refractivity contribution is 0.265. The van der Waals surface area contributed by atoms with Gasteiger partial charge < -0.3 is 0 Å². The van der Waals surface area contributed by atoms with Crippen molar-refractivity contribution in [2.24, 2.45) is 11.8 Å². The summed E-state index contributed by atoms with van der Waals surface area (Å²) in [5.41, 5.74) is 4.06. The molecule has 1 fully saturated rings. The predicted molar refractivity (Wildman–Crippen MR) is 153 cm³/mol. The maximum atomic E-state index is 15.2. The molecule has 1 aliphatic carbocycles. The van der Waals surface area contributed by atoms with Crippen molar-refractivity contribution < 1.29 is 4.39 Å². The molecule has 3 aromatic carbocycles. The average Bonchev–Trinajstić information content (AvgIpc) is 2.91. The first-order chi connectivity index (χ1) is 17.7. The fraction of sp³-hybridized carbons (Fsp3) is 0.429. The molecule has 0 aromatic heterocycles. The van der Waals surface area contributed by atoms with E-state index in [1.165, 1.54) is 75.3 Å². The Kier molecular flexibility index (Phi) is 9.80. The van der Waals surface area contributed by atoms with Crippen molar-refractivity contribution in [1.29, 1.82) is 0 Å². The van der Waals surface area contributed by atoms with Crippen LogP contribution in [0.3, 0.4) is 0 Å². The van der Waals surface area contributed by atoms with Crippen LogP contribution in [0.1, 0.15) is 93.4 Å². The third-order valence-electron chi connectivity index (χ3n) is 7.94. The first-order valence-electron chi connectivity index (χ1n) is 14.1. The van der Waals surface area contributed by atoms with Crippen molar-refractivity contribution >= 4 is 10.8 Å². The maximum Gasteiger partial charge on any atom is 0.146 e. The molecule has 1 heteroatoms. The number of halogens is 1. The highest BCUT2D eigenvalue weighted by Gasteiger charge is 2.20. The van der Waals surface area contributed by atoms with Crippen LogP contribution < -0.4 is 0 Å². The second-order valence-corrected chi connectivity index (χ2v) is 10.7. The molecule has 0 heterocycles. The Bertz CT molecular complexity index is 1180. The molecule has 0 N–H and O–H groups in total. The van der Waals surface area contributed by atoms with E-state index in [4.69, 9.17) is 0 Å². The molecule has 4 rings (SSSR count). The van der Waals surface area contributed by atoms with Gasteiger partial charge in [0.2, 0.25) is 0 Å². The first kappa shape index (κ1) is 26.2. The molecule has 36 heavy (non-hydrogen) atoms. The molecule has 0 bridgehead atoms. The van der Waals surface area contributed by atoms with Crippen molar-refractivity contribution in [3.8, 4) is 11.8 Å². The zero-order valence-corrected chi connectivity index (χ0v) is 22.0. The highest BCUT2D eigenvalue weighted by Crippen LogP contribution is 2.33. The zero-order valence-electron chi connectivity index (χ0n) is 22.0. The average molecular weight is 481 g/mol. The van der Waals surface area contributed by atoms with E-state index in [9.17, 15) is 0 Å². The van der Waals surface area contributed by atoms with Crippen LogP contribution >= 0.6 is 0 Å². The zero-order chi connectivity index (χ0) is 25.2. The van der Waals surface area contributed by atoms with E-state index in [2.05, 4.69) is 67.8 Å². The lowest BCUT2D eigenvalue weighted by Crippen LogP contribution is -2.14. The molecule has 0 unspecified atom stereocenters. The molecule has 0 saturated heterocycles. The van der Waals surface area contributed by atoms with E-state index >= 15 is 4.39 Å². The van der Waals surface area contributed by atoms with Crippen LogP contribution in [-0.4, -0.2) is 0 Å². The van der Waals surface area contributed by atoms with E-state index in [0.29, 0.717) is 10.9 Å². The third-order valence-corrected chi connectivity index (χ3v) is 7.94. The minimum absolute atomic E-state index is 0.209. The van der Waals surface area contributed by atoms with Crippen LogP contribution in [0, 0.1) is 29.5 Å². The standard InChI is InChI=1S/C35H41F/c1-3-5-6-7-9-28-12-16-30(17-13-28)20-22-32-23-24-33-26-31(21-25-34(33)35(32)36)19-18-29-14-10-27(8-4-2)11-15-29/h4,12-13,16-17,21,23-27,29H,2-3,5-11,14-15,18-19H2,1H3. The molecule has 0 nitrogen and oxygen atoms in total. The minimum atomic E-state index is -0.209. The number of benzene rings is 3. The molecular formula is C35H41F. The molecule has 1 saturated carbocycles. The van der Waals surface area contributed by atoms with Crippen LogP contribution in [0.15, 0.2) is 67.3 Å². The largest absolute Gasteiger partial charge is 0.205 e. The van der Waals surface area contributed by atoms with Gasteiger partial charge in [0, 0.05) is 10.9 Å². The summed E-state index contributed by atoms with van der Waals surface area (Å²) in [6, 6.07) is 18.5. The first-order valence-corrected chi connectivity index (χ1v) is 14.1. The fourth-order valence-electron chi connectivity index (χ4n) is 5.61. The van der Waals surface area contributed by atoms with Crippen LogP contribution in [0.2, 0.25) is 0 Å². The molecule has 0 aliphatic heterocycles. The quantitative estimate of drug-likeness (QED) is 0.154. The Morgan fingerprint density at radius 3 is 2.33 bits per heavy atom. The third kappa shape index (κ3) is 7.33. The van der Waals surface area contributed by atoms with Gasteiger partial charge in [-0.15, -0.1) is 6.58 Å². The van der Waals surface area contributed by atoms with Crippen LogP contribution in [0.25, 0.3) is 10.8 Å². The van der Waals surface area contributed by atoms with Crippen molar-refractivity contribution in [3.63, 3.8) is 0 Å². The molecule has 3 aromatic rings. The summed E-state index contributed by atoms with van der Waals surface area (Å²) in [4.78, 5) is 0. The smallest absolute Gasteiger partial charge is 0.146 e. The van der Waals surface area contributed by atoms with Crippen LogP contribution in [0.5, 0.6) is 0 Å². The summed E-state index contributed by atoms with van der Waals surface area (Å²) in [5.74, 6) is 7.68. The molecule has 0 spiro atoms. The summed E-state index contributed by atoms with van der Waals surface area (Å²) >= 11 is 0. The number of rotatable bonds is 10. The summed E-state index contributed by atoms with van der Waals surface area (Å²) < 4.78 is 15.2. The number of fused-ring (bicyclic) bond motifs is 1. The Morgan fingerprint density at radius 2 is 1.58 bits per heavy atom. The van der Waals surface area contributed by atoms with Crippen molar-refractivity contribution in [2.45, 2.75) is 84.0 Å². The SMILES string of the molecule is C=CCC1CCC(CCc2ccc3c(F)c(C#Cc4ccc(CCCCCC)cc4)ccc3c2)CC1. The molecule has 0 atom stereocenters. The molecule has 0 amide bonds. The highest BCUT2D eigenvalue weighted by molar-refractivity contribution is 5.85. The normalized spacial score (nSPS) is 17.5. The summed E-state index contributed by atoms with van der Waals surface area (Å²) in [6.07, 6.45) is 17.1. The number of unbranched alkanes of at least 4 members (excludes halogenated alkanes) is 3. The van der Waals surface area contributed by atoms with Crippen molar-refractivity contribution in [2.75, 3.05) is 0 Å². The Morgan fingerprint density at radius 1 is 0.833 bits per heavy atom. The number of hydrogen-bond acceptors (Lipinski definition) is 0. The minimum Gasteiger partial charge on any atom is -0.205 e. The maximum absolute atomic E-state index is 15.2. The Balaban J connectivity index is 1.35. The van der Waals surface area contributed by atoms with Gasteiger partial charge in [-0.25, -0.2) is 4.39 Å². The molecular weight excluding hydrogens is 439 g/mol. The van der Waals surface area contributed by atoms with Gasteiger partial charge in [0.05, 0.1) is 5.56 Å². The number of allylic oxidation sites excluding steroid dienone is 1. The van der Waals surface area contributed by atoms with E-state index in [1.54, 1.807) is 0 Å². The van der Waals surface area contributed by atoms with Gasteiger partial charge in [-0.1, -0.05) is 93.3 Å². The van der Waals surface area contributed by atoms with Gasteiger partial charge in [-0.05, 0) is 91.5 Å². The van der Waals surface area contributed by atoms with Gasteiger partial charge in [-0.3, -0.25) is 0 Å². The van der Waals surface area contributed by atoms with E-state index < -0.39 is 0 Å². The van der Waals surface area contributed by atoms with Crippen molar-refractivity contribution in [1.82, 2.24) is 0 Å². The highest BCUT2D eigenvalue weighted by atomic mass is 19.1. The van der Waals surface area contributed by atoms with Gasteiger partial charge in [0.15, 0.2) is 0 Å². The summed E-state index contributed by atoms with van der Waals surface area (Å²) in [5, 5.41) is 1.63. The number of hydrogen-bond donors (Lipinski definition) is 0. The van der Waals surface area contributed by atoms with Gasteiger partial charge in [0.25, 0.3) is 0 Å². The van der Waals surface area contributed by atoms with Crippen LogP contribution in [0.4, 0.5) is 4.39 Å². The lowest BCUT2D eigenvalue weighted by Gasteiger charge is -2.27.